The van der Waals surface area contributed by atoms with Gasteiger partial charge in [0.05, 0.1) is 0 Å². The van der Waals surface area contributed by atoms with Crippen molar-refractivity contribution in [2.24, 2.45) is 0 Å². The number of hydrogen-bond donors (Lipinski definition) is 1. The highest BCUT2D eigenvalue weighted by molar-refractivity contribution is 7.98. The maximum absolute atomic E-state index is 5.96. The molecular weight excluding hydrogens is 282 g/mol. The van der Waals surface area contributed by atoms with E-state index in [1.54, 1.807) is 6.07 Å². The topological polar surface area (TPSA) is 47.0 Å². The van der Waals surface area contributed by atoms with Crippen molar-refractivity contribution in [3.8, 4) is 0 Å². The summed E-state index contributed by atoms with van der Waals surface area (Å²) in [5.41, 5.74) is 0. The Kier molecular flexibility index (Phi) is 8.95. The first kappa shape index (κ1) is 16.5. The quantitative estimate of drug-likeness (QED) is 0.528. The van der Waals surface area contributed by atoms with Crippen molar-refractivity contribution in [1.29, 1.82) is 0 Å². The Morgan fingerprint density at radius 2 is 2.16 bits per heavy atom. The second kappa shape index (κ2) is 10.3. The molecule has 0 unspecified atom stereocenters. The second-order valence-corrected chi connectivity index (χ2v) is 5.48. The number of hydrogen-bond acceptors (Lipinski definition) is 5. The smallest absolute Gasteiger partial charge is 0.158 e. The average Bonchev–Trinajstić information content (AvgIpc) is 2.40. The lowest BCUT2D eigenvalue weighted by atomic mass is 10.2. The molecule has 0 aliphatic carbocycles. The first-order valence-electron chi connectivity index (χ1n) is 6.60. The lowest BCUT2D eigenvalue weighted by Gasteiger charge is -2.08. The van der Waals surface area contributed by atoms with Crippen molar-refractivity contribution in [1.82, 2.24) is 9.97 Å². The molecule has 108 valence electrons. The monoisotopic (exact) mass is 303 g/mol. The molecule has 0 aliphatic rings. The van der Waals surface area contributed by atoms with Crippen LogP contribution in [0.3, 0.4) is 0 Å². The predicted molar refractivity (Wildman–Crippen MR) is 83.1 cm³/mol. The molecular formula is C13H22ClN3OS. The molecule has 0 saturated heterocycles. The van der Waals surface area contributed by atoms with Crippen molar-refractivity contribution >= 4 is 29.2 Å². The molecule has 0 spiro atoms. The number of rotatable bonds is 10. The third-order valence-electron chi connectivity index (χ3n) is 2.51. The Hall–Kier alpha value is -0.520. The largest absolute Gasteiger partial charge is 0.374 e. The van der Waals surface area contributed by atoms with Gasteiger partial charge in [-0.05, 0) is 31.8 Å². The first-order valence-corrected chi connectivity index (χ1v) is 8.37. The zero-order chi connectivity index (χ0) is 13.9. The minimum atomic E-state index is 0.402. The minimum Gasteiger partial charge on any atom is -0.374 e. The summed E-state index contributed by atoms with van der Waals surface area (Å²) in [6.07, 6.45) is 5.78. The Bertz CT molecular complexity index is 366. The molecule has 0 radical (unpaired) electrons. The molecule has 1 heterocycles. The van der Waals surface area contributed by atoms with E-state index in [0.717, 1.165) is 18.8 Å². The molecule has 1 rings (SSSR count). The van der Waals surface area contributed by atoms with E-state index in [-0.39, 0.29) is 0 Å². The van der Waals surface area contributed by atoms with Gasteiger partial charge in [0.25, 0.3) is 0 Å². The molecule has 19 heavy (non-hydrogen) atoms. The zero-order valence-corrected chi connectivity index (χ0v) is 13.2. The molecule has 0 fully saturated rings. The molecule has 6 heteroatoms. The number of aromatic nitrogens is 2. The number of nitrogens with one attached hydrogen (secondary N) is 1. The summed E-state index contributed by atoms with van der Waals surface area (Å²) >= 11 is 7.86. The second-order valence-electron chi connectivity index (χ2n) is 4.11. The summed E-state index contributed by atoms with van der Waals surface area (Å²) in [6.45, 7) is 3.90. The van der Waals surface area contributed by atoms with Gasteiger partial charge in [-0.15, -0.1) is 0 Å². The summed E-state index contributed by atoms with van der Waals surface area (Å²) in [6, 6.07) is 1.75. The summed E-state index contributed by atoms with van der Waals surface area (Å²) in [5.74, 6) is 2.64. The van der Waals surface area contributed by atoms with Crippen LogP contribution in [0.1, 0.15) is 32.0 Å². The van der Waals surface area contributed by atoms with E-state index >= 15 is 0 Å². The maximum atomic E-state index is 5.96. The van der Waals surface area contributed by atoms with Gasteiger partial charge in [0.1, 0.15) is 17.6 Å². The number of nitrogens with zero attached hydrogens (tertiary/aromatic N) is 2. The molecule has 4 nitrogen and oxygen atoms in total. The van der Waals surface area contributed by atoms with E-state index in [1.807, 2.05) is 18.7 Å². The summed E-state index contributed by atoms with van der Waals surface area (Å²) in [7, 11) is 0. The molecule has 0 atom stereocenters. The fourth-order valence-corrected chi connectivity index (χ4v) is 2.27. The maximum Gasteiger partial charge on any atom is 0.158 e. The number of ether oxygens (including phenoxy) is 1. The standard InChI is InChI=1S/C13H22ClN3OS/c1-3-18-10-13-16-11(14)9-12(17-13)15-7-5-4-6-8-19-2/h9H,3-8,10H2,1-2H3,(H,15,16,17). The molecule has 0 aliphatic heterocycles. The highest BCUT2D eigenvalue weighted by atomic mass is 35.5. The Morgan fingerprint density at radius 1 is 1.32 bits per heavy atom. The number of halogens is 1. The average molecular weight is 304 g/mol. The highest BCUT2D eigenvalue weighted by Gasteiger charge is 2.03. The van der Waals surface area contributed by atoms with Crippen LogP contribution in [0.5, 0.6) is 0 Å². The van der Waals surface area contributed by atoms with Crippen LogP contribution in [-0.4, -0.2) is 35.1 Å². The van der Waals surface area contributed by atoms with E-state index < -0.39 is 0 Å². The molecule has 0 saturated carbocycles. The van der Waals surface area contributed by atoms with Crippen molar-refractivity contribution in [3.63, 3.8) is 0 Å². The van der Waals surface area contributed by atoms with Crippen LogP contribution in [0.2, 0.25) is 5.15 Å². The third-order valence-corrected chi connectivity index (χ3v) is 3.40. The van der Waals surface area contributed by atoms with Crippen molar-refractivity contribution in [2.75, 3.05) is 30.5 Å². The number of unbranched alkanes of at least 4 members (excludes halogenated alkanes) is 2. The van der Waals surface area contributed by atoms with Gasteiger partial charge < -0.3 is 10.1 Å². The van der Waals surface area contributed by atoms with Crippen LogP contribution < -0.4 is 5.32 Å². The minimum absolute atomic E-state index is 0.402. The molecule has 1 aromatic heterocycles. The van der Waals surface area contributed by atoms with Gasteiger partial charge in [0.2, 0.25) is 0 Å². The lowest BCUT2D eigenvalue weighted by molar-refractivity contribution is 0.128. The van der Waals surface area contributed by atoms with Crippen LogP contribution in [-0.2, 0) is 11.3 Å². The van der Waals surface area contributed by atoms with Crippen LogP contribution >= 0.6 is 23.4 Å². The van der Waals surface area contributed by atoms with Crippen LogP contribution in [0.15, 0.2) is 6.07 Å². The van der Waals surface area contributed by atoms with E-state index in [4.69, 9.17) is 16.3 Å². The molecule has 0 bridgehead atoms. The number of anilines is 1. The van der Waals surface area contributed by atoms with Gasteiger partial charge in [0, 0.05) is 19.2 Å². The molecule has 0 aromatic carbocycles. The van der Waals surface area contributed by atoms with Gasteiger partial charge in [0.15, 0.2) is 5.82 Å². The number of thioether (sulfide) groups is 1. The van der Waals surface area contributed by atoms with Crippen molar-refractivity contribution in [3.05, 3.63) is 17.0 Å². The fraction of sp³-hybridized carbons (Fsp3) is 0.692. The van der Waals surface area contributed by atoms with Gasteiger partial charge in [-0.3, -0.25) is 0 Å². The molecule has 1 aromatic rings. The van der Waals surface area contributed by atoms with Crippen molar-refractivity contribution < 1.29 is 4.74 Å². The van der Waals surface area contributed by atoms with Gasteiger partial charge in [-0.2, -0.15) is 11.8 Å². The van der Waals surface area contributed by atoms with E-state index in [1.165, 1.54) is 18.6 Å². The third kappa shape index (κ3) is 7.60. The van der Waals surface area contributed by atoms with Gasteiger partial charge >= 0.3 is 0 Å². The lowest BCUT2D eigenvalue weighted by Crippen LogP contribution is -2.07. The van der Waals surface area contributed by atoms with E-state index in [2.05, 4.69) is 21.5 Å². The fourth-order valence-electron chi connectivity index (χ4n) is 1.58. The van der Waals surface area contributed by atoms with Crippen LogP contribution in [0.25, 0.3) is 0 Å². The summed E-state index contributed by atoms with van der Waals surface area (Å²) < 4.78 is 5.29. The zero-order valence-electron chi connectivity index (χ0n) is 11.6. The Labute approximate surface area is 124 Å². The normalized spacial score (nSPS) is 10.7. The first-order chi connectivity index (χ1) is 9.26. The highest BCUT2D eigenvalue weighted by Crippen LogP contribution is 2.12. The summed E-state index contributed by atoms with van der Waals surface area (Å²) in [4.78, 5) is 8.50. The molecule has 0 amide bonds. The van der Waals surface area contributed by atoms with E-state index in [9.17, 15) is 0 Å². The summed E-state index contributed by atoms with van der Waals surface area (Å²) in [5, 5.41) is 3.73. The van der Waals surface area contributed by atoms with Gasteiger partial charge in [-0.1, -0.05) is 18.0 Å². The van der Waals surface area contributed by atoms with E-state index in [0.29, 0.717) is 24.2 Å². The Balaban J connectivity index is 2.34. The van der Waals surface area contributed by atoms with Crippen LogP contribution in [0, 0.1) is 0 Å². The predicted octanol–water partition coefficient (Wildman–Crippen LogP) is 3.61. The van der Waals surface area contributed by atoms with Crippen LogP contribution in [0.4, 0.5) is 5.82 Å². The molecule has 1 N–H and O–H groups in total. The van der Waals surface area contributed by atoms with Gasteiger partial charge in [-0.25, -0.2) is 9.97 Å². The Morgan fingerprint density at radius 3 is 2.89 bits per heavy atom. The SMILES string of the molecule is CCOCc1nc(Cl)cc(NCCCCCSC)n1. The van der Waals surface area contributed by atoms with Crippen molar-refractivity contribution in [2.45, 2.75) is 32.8 Å².